The van der Waals surface area contributed by atoms with Crippen molar-refractivity contribution in [3.05, 3.63) is 84.4 Å². The molecule has 3 aromatic carbocycles. The number of fused-ring (bicyclic) bond motifs is 1. The Bertz CT molecular complexity index is 1430. The molecule has 1 aromatic heterocycles. The van der Waals surface area contributed by atoms with Gasteiger partial charge in [-0.2, -0.15) is 4.98 Å². The van der Waals surface area contributed by atoms with Gasteiger partial charge in [-0.1, -0.05) is 24.2 Å². The average molecular weight is 514 g/mol. The highest BCUT2D eigenvalue weighted by Crippen LogP contribution is 2.29. The van der Waals surface area contributed by atoms with Crippen LogP contribution in [0.15, 0.2) is 79.4 Å². The number of anilines is 6. The molecule has 188 valence electrons. The Hall–Kier alpha value is -4.14. The first kappa shape index (κ1) is 24.5. The highest BCUT2D eigenvalue weighted by atomic mass is 35.5. The van der Waals surface area contributed by atoms with Gasteiger partial charge in [0.1, 0.15) is 5.82 Å². The van der Waals surface area contributed by atoms with Gasteiger partial charge in [-0.05, 0) is 73.8 Å². The Labute approximate surface area is 221 Å². The second kappa shape index (κ2) is 10.9. The number of benzene rings is 3. The quantitative estimate of drug-likeness (QED) is 0.275. The normalized spacial score (nSPS) is 13.8. The van der Waals surface area contributed by atoms with Gasteiger partial charge < -0.3 is 25.8 Å². The molecule has 37 heavy (non-hydrogen) atoms. The number of amides is 1. The minimum atomic E-state index is -0.274. The number of carbonyl (C=O) groups is 1. The average Bonchev–Trinajstić information content (AvgIpc) is 2.89. The van der Waals surface area contributed by atoms with Crippen LogP contribution in [0.2, 0.25) is 5.02 Å². The number of rotatable bonds is 7. The van der Waals surface area contributed by atoms with Crippen LogP contribution in [0.3, 0.4) is 0 Å². The van der Waals surface area contributed by atoms with Crippen LogP contribution in [0, 0.1) is 0 Å². The minimum Gasteiger partial charge on any atom is -0.369 e. The summed E-state index contributed by atoms with van der Waals surface area (Å²) in [5.41, 5.74) is 4.21. The Morgan fingerprint density at radius 3 is 2.43 bits per heavy atom. The highest BCUT2D eigenvalue weighted by Gasteiger charge is 2.14. The van der Waals surface area contributed by atoms with Gasteiger partial charge in [0.15, 0.2) is 0 Å². The Morgan fingerprint density at radius 2 is 1.68 bits per heavy atom. The monoisotopic (exact) mass is 513 g/mol. The van der Waals surface area contributed by atoms with Crippen molar-refractivity contribution >= 4 is 62.9 Å². The lowest BCUT2D eigenvalue weighted by atomic mass is 10.2. The van der Waals surface area contributed by atoms with Crippen LogP contribution in [-0.4, -0.2) is 54.0 Å². The molecule has 0 saturated carbocycles. The second-order valence-corrected chi connectivity index (χ2v) is 9.36. The summed E-state index contributed by atoms with van der Waals surface area (Å²) in [4.78, 5) is 25.9. The van der Waals surface area contributed by atoms with Crippen molar-refractivity contribution in [2.24, 2.45) is 0 Å². The van der Waals surface area contributed by atoms with Crippen LogP contribution in [0.1, 0.15) is 0 Å². The molecular weight excluding hydrogens is 486 g/mol. The van der Waals surface area contributed by atoms with Crippen LogP contribution in [0.5, 0.6) is 0 Å². The molecule has 8 nitrogen and oxygen atoms in total. The predicted molar refractivity (Wildman–Crippen MR) is 153 cm³/mol. The molecule has 1 amide bonds. The molecule has 3 N–H and O–H groups in total. The van der Waals surface area contributed by atoms with Crippen molar-refractivity contribution in [2.45, 2.75) is 0 Å². The van der Waals surface area contributed by atoms with Crippen molar-refractivity contribution < 1.29 is 4.79 Å². The van der Waals surface area contributed by atoms with Gasteiger partial charge in [0.2, 0.25) is 11.9 Å². The molecule has 1 aliphatic rings. The largest absolute Gasteiger partial charge is 0.369 e. The molecule has 0 bridgehead atoms. The maximum atomic E-state index is 11.7. The van der Waals surface area contributed by atoms with E-state index in [4.69, 9.17) is 21.6 Å². The summed E-state index contributed by atoms with van der Waals surface area (Å²) in [5, 5.41) is 10.9. The summed E-state index contributed by atoms with van der Waals surface area (Å²) in [6.45, 7) is 7.66. The van der Waals surface area contributed by atoms with Gasteiger partial charge in [-0.25, -0.2) is 4.98 Å². The Morgan fingerprint density at radius 1 is 0.919 bits per heavy atom. The zero-order valence-corrected chi connectivity index (χ0v) is 21.3. The molecule has 0 spiro atoms. The summed E-state index contributed by atoms with van der Waals surface area (Å²) < 4.78 is 0. The maximum absolute atomic E-state index is 11.7. The fourth-order valence-electron chi connectivity index (χ4n) is 4.21. The number of nitrogens with one attached hydrogen (secondary N) is 3. The van der Waals surface area contributed by atoms with Gasteiger partial charge in [0, 0.05) is 59.3 Å². The molecule has 1 saturated heterocycles. The number of halogens is 1. The molecule has 0 aliphatic carbocycles. The number of likely N-dealkylation sites (N-methyl/N-ethyl adjacent to an activating group) is 1. The van der Waals surface area contributed by atoms with E-state index in [1.807, 2.05) is 54.6 Å². The fraction of sp³-hybridized carbons (Fsp3) is 0.179. The standard InChI is InChI=1S/C28H28ClN7O/c1-3-26(37)30-21-5-4-6-22(18-21)31-27-24-12-7-19(29)17-25(24)33-28(34-27)32-20-8-10-23(11-9-20)36-15-13-35(2)14-16-36/h3-12,17-18H,1,13-16H2,2H3,(H,30,37)(H2,31,32,33,34). The molecule has 0 unspecified atom stereocenters. The van der Waals surface area contributed by atoms with Crippen LogP contribution >= 0.6 is 11.6 Å². The first-order chi connectivity index (χ1) is 18.0. The Kier molecular flexibility index (Phi) is 7.20. The zero-order chi connectivity index (χ0) is 25.8. The molecular formula is C28H28ClN7O. The van der Waals surface area contributed by atoms with Gasteiger partial charge in [-0.15, -0.1) is 0 Å². The van der Waals surface area contributed by atoms with Crippen molar-refractivity contribution in [3.8, 4) is 0 Å². The van der Waals surface area contributed by atoms with Crippen LogP contribution in [0.4, 0.5) is 34.5 Å². The molecule has 5 rings (SSSR count). The molecule has 4 aromatic rings. The third-order valence-electron chi connectivity index (χ3n) is 6.23. The maximum Gasteiger partial charge on any atom is 0.247 e. The number of piperazine rings is 1. The summed E-state index contributed by atoms with van der Waals surface area (Å²) in [7, 11) is 2.15. The molecule has 1 aliphatic heterocycles. The lowest BCUT2D eigenvalue weighted by molar-refractivity contribution is -0.111. The number of nitrogens with zero attached hydrogens (tertiary/aromatic N) is 4. The molecule has 0 atom stereocenters. The molecule has 1 fully saturated rings. The van der Waals surface area contributed by atoms with E-state index < -0.39 is 0 Å². The summed E-state index contributed by atoms with van der Waals surface area (Å²) in [6, 6.07) is 21.2. The van der Waals surface area contributed by atoms with E-state index >= 15 is 0 Å². The minimum absolute atomic E-state index is 0.274. The van der Waals surface area contributed by atoms with Crippen molar-refractivity contribution in [3.63, 3.8) is 0 Å². The van der Waals surface area contributed by atoms with E-state index in [9.17, 15) is 4.79 Å². The fourth-order valence-corrected chi connectivity index (χ4v) is 4.37. The second-order valence-electron chi connectivity index (χ2n) is 8.92. The summed E-state index contributed by atoms with van der Waals surface area (Å²) in [6.07, 6.45) is 1.23. The van der Waals surface area contributed by atoms with Crippen LogP contribution < -0.4 is 20.9 Å². The van der Waals surface area contributed by atoms with Gasteiger partial charge >= 0.3 is 0 Å². The number of carbonyl (C=O) groups excluding carboxylic acids is 1. The lowest BCUT2D eigenvalue weighted by Gasteiger charge is -2.34. The molecule has 0 radical (unpaired) electrons. The highest BCUT2D eigenvalue weighted by molar-refractivity contribution is 6.31. The summed E-state index contributed by atoms with van der Waals surface area (Å²) >= 11 is 6.27. The van der Waals surface area contributed by atoms with E-state index in [1.165, 1.54) is 11.8 Å². The topological polar surface area (TPSA) is 85.4 Å². The third-order valence-corrected chi connectivity index (χ3v) is 6.46. The van der Waals surface area contributed by atoms with Crippen molar-refractivity contribution in [2.75, 3.05) is 54.1 Å². The predicted octanol–water partition coefficient (Wildman–Crippen LogP) is 5.65. The van der Waals surface area contributed by atoms with Gasteiger partial charge in [0.05, 0.1) is 5.52 Å². The van der Waals surface area contributed by atoms with E-state index in [-0.39, 0.29) is 5.91 Å². The van der Waals surface area contributed by atoms with Crippen LogP contribution in [-0.2, 0) is 4.79 Å². The first-order valence-electron chi connectivity index (χ1n) is 12.1. The Balaban J connectivity index is 1.40. The number of hydrogen-bond acceptors (Lipinski definition) is 7. The SMILES string of the molecule is C=CC(=O)Nc1cccc(Nc2nc(Nc3ccc(N4CCN(C)CC4)cc3)nc3cc(Cl)ccc23)c1. The lowest BCUT2D eigenvalue weighted by Crippen LogP contribution is -2.44. The summed E-state index contributed by atoms with van der Waals surface area (Å²) in [5.74, 6) is 0.788. The molecule has 2 heterocycles. The van der Waals surface area contributed by atoms with Gasteiger partial charge in [-0.3, -0.25) is 4.79 Å². The number of aromatic nitrogens is 2. The van der Waals surface area contributed by atoms with Crippen molar-refractivity contribution in [1.29, 1.82) is 0 Å². The number of hydrogen-bond donors (Lipinski definition) is 3. The first-order valence-corrected chi connectivity index (χ1v) is 12.4. The molecule has 9 heteroatoms. The van der Waals surface area contributed by atoms with E-state index in [2.05, 4.69) is 51.5 Å². The smallest absolute Gasteiger partial charge is 0.247 e. The van der Waals surface area contributed by atoms with E-state index in [0.29, 0.717) is 28.0 Å². The third kappa shape index (κ3) is 5.99. The van der Waals surface area contributed by atoms with Crippen LogP contribution in [0.25, 0.3) is 10.9 Å². The van der Waals surface area contributed by atoms with E-state index in [1.54, 1.807) is 0 Å². The van der Waals surface area contributed by atoms with E-state index in [0.717, 1.165) is 42.9 Å². The van der Waals surface area contributed by atoms with Gasteiger partial charge in [0.25, 0.3) is 0 Å². The zero-order valence-electron chi connectivity index (χ0n) is 20.5. The van der Waals surface area contributed by atoms with Crippen molar-refractivity contribution in [1.82, 2.24) is 14.9 Å².